The lowest BCUT2D eigenvalue weighted by Gasteiger charge is -2.03. The standard InChI is InChI=1S/C8H14N2O/c1-6(9-2)5-7-3-4-10-8(7)11/h5-6,9H,3-4H2,1-2H3,(H,10,11)/b7-5+/t6-/m0/s1. The van der Waals surface area contributed by atoms with Crippen LogP contribution in [0.3, 0.4) is 0 Å². The monoisotopic (exact) mass is 154 g/mol. The largest absolute Gasteiger partial charge is 0.352 e. The molecule has 1 atom stereocenters. The summed E-state index contributed by atoms with van der Waals surface area (Å²) in [7, 11) is 1.88. The van der Waals surface area contributed by atoms with Gasteiger partial charge in [-0.2, -0.15) is 0 Å². The van der Waals surface area contributed by atoms with Gasteiger partial charge in [0.15, 0.2) is 0 Å². The van der Waals surface area contributed by atoms with Gasteiger partial charge in [-0.3, -0.25) is 4.79 Å². The van der Waals surface area contributed by atoms with Crippen LogP contribution in [0.1, 0.15) is 13.3 Å². The molecule has 62 valence electrons. The molecule has 1 aliphatic heterocycles. The normalized spacial score (nSPS) is 23.8. The summed E-state index contributed by atoms with van der Waals surface area (Å²) in [6, 6.07) is 0.286. The molecule has 0 bridgehead atoms. The minimum Gasteiger partial charge on any atom is -0.352 e. The van der Waals surface area contributed by atoms with E-state index in [0.29, 0.717) is 0 Å². The number of carbonyl (C=O) groups is 1. The summed E-state index contributed by atoms with van der Waals surface area (Å²) in [5, 5.41) is 5.82. The van der Waals surface area contributed by atoms with E-state index in [4.69, 9.17) is 0 Å². The molecule has 0 aromatic carbocycles. The molecule has 1 fully saturated rings. The van der Waals surface area contributed by atoms with Crippen molar-refractivity contribution in [2.75, 3.05) is 13.6 Å². The van der Waals surface area contributed by atoms with Crippen molar-refractivity contribution in [3.63, 3.8) is 0 Å². The fourth-order valence-electron chi connectivity index (χ4n) is 1.08. The molecular weight excluding hydrogens is 140 g/mol. The third-order valence-electron chi connectivity index (χ3n) is 1.88. The molecule has 1 amide bonds. The molecule has 3 nitrogen and oxygen atoms in total. The maximum atomic E-state index is 11.0. The van der Waals surface area contributed by atoms with E-state index in [1.165, 1.54) is 0 Å². The molecule has 0 unspecified atom stereocenters. The number of carbonyl (C=O) groups excluding carboxylic acids is 1. The van der Waals surface area contributed by atoms with Crippen molar-refractivity contribution in [3.8, 4) is 0 Å². The van der Waals surface area contributed by atoms with Gasteiger partial charge in [0.1, 0.15) is 0 Å². The summed E-state index contributed by atoms with van der Waals surface area (Å²) in [5.74, 6) is 0.0899. The smallest absolute Gasteiger partial charge is 0.247 e. The molecule has 11 heavy (non-hydrogen) atoms. The summed E-state index contributed by atoms with van der Waals surface area (Å²) >= 11 is 0. The fourth-order valence-corrected chi connectivity index (χ4v) is 1.08. The van der Waals surface area contributed by atoms with E-state index >= 15 is 0 Å². The Balaban J connectivity index is 2.57. The van der Waals surface area contributed by atoms with Crippen LogP contribution in [0, 0.1) is 0 Å². The van der Waals surface area contributed by atoms with E-state index in [1.54, 1.807) is 0 Å². The molecule has 1 saturated heterocycles. The summed E-state index contributed by atoms with van der Waals surface area (Å²) in [6.07, 6.45) is 2.84. The van der Waals surface area contributed by atoms with Gasteiger partial charge in [-0.1, -0.05) is 6.08 Å². The summed E-state index contributed by atoms with van der Waals surface area (Å²) in [6.45, 7) is 2.82. The minimum absolute atomic E-state index is 0.0899. The number of nitrogens with one attached hydrogen (secondary N) is 2. The first-order valence-electron chi connectivity index (χ1n) is 3.90. The van der Waals surface area contributed by atoms with Crippen molar-refractivity contribution in [3.05, 3.63) is 11.6 Å². The molecule has 2 N–H and O–H groups in total. The van der Waals surface area contributed by atoms with Crippen LogP contribution in [0.15, 0.2) is 11.6 Å². The Morgan fingerprint density at radius 1 is 1.73 bits per heavy atom. The van der Waals surface area contributed by atoms with Crippen molar-refractivity contribution in [2.45, 2.75) is 19.4 Å². The second-order valence-electron chi connectivity index (χ2n) is 2.78. The predicted octanol–water partition coefficient (Wildman–Crippen LogP) is 0.0406. The highest BCUT2D eigenvalue weighted by Crippen LogP contribution is 2.07. The zero-order valence-electron chi connectivity index (χ0n) is 6.98. The van der Waals surface area contributed by atoms with Gasteiger partial charge in [0.25, 0.3) is 0 Å². The lowest BCUT2D eigenvalue weighted by atomic mass is 10.1. The van der Waals surface area contributed by atoms with Gasteiger partial charge in [0, 0.05) is 18.2 Å². The number of hydrogen-bond donors (Lipinski definition) is 2. The molecule has 0 aromatic heterocycles. The van der Waals surface area contributed by atoms with Crippen LogP contribution in [-0.2, 0) is 4.79 Å². The maximum absolute atomic E-state index is 11.0. The van der Waals surface area contributed by atoms with E-state index in [1.807, 2.05) is 20.0 Å². The van der Waals surface area contributed by atoms with Gasteiger partial charge in [0.05, 0.1) is 0 Å². The average molecular weight is 154 g/mol. The van der Waals surface area contributed by atoms with Crippen LogP contribution >= 0.6 is 0 Å². The SMILES string of the molecule is CN[C@@H](C)/C=C1\CCNC1=O. The fraction of sp³-hybridized carbons (Fsp3) is 0.625. The third-order valence-corrected chi connectivity index (χ3v) is 1.88. The molecular formula is C8H14N2O. The molecule has 1 heterocycles. The van der Waals surface area contributed by atoms with Gasteiger partial charge < -0.3 is 10.6 Å². The second-order valence-corrected chi connectivity index (χ2v) is 2.78. The highest BCUT2D eigenvalue weighted by atomic mass is 16.1. The number of rotatable bonds is 2. The highest BCUT2D eigenvalue weighted by Gasteiger charge is 2.15. The molecule has 0 saturated carbocycles. The molecule has 1 rings (SSSR count). The number of hydrogen-bond acceptors (Lipinski definition) is 2. The Morgan fingerprint density at radius 2 is 2.45 bits per heavy atom. The van der Waals surface area contributed by atoms with Crippen molar-refractivity contribution in [2.24, 2.45) is 0 Å². The lowest BCUT2D eigenvalue weighted by Crippen LogP contribution is -2.20. The first kappa shape index (κ1) is 8.27. The Hall–Kier alpha value is -0.830. The van der Waals surface area contributed by atoms with Crippen LogP contribution in [0.5, 0.6) is 0 Å². The van der Waals surface area contributed by atoms with Crippen molar-refractivity contribution < 1.29 is 4.79 Å². The summed E-state index contributed by atoms with van der Waals surface area (Å²) < 4.78 is 0. The quantitative estimate of drug-likeness (QED) is 0.551. The summed E-state index contributed by atoms with van der Waals surface area (Å²) in [4.78, 5) is 11.0. The van der Waals surface area contributed by atoms with Gasteiger partial charge in [-0.05, 0) is 20.4 Å². The number of amides is 1. The molecule has 3 heteroatoms. The van der Waals surface area contributed by atoms with E-state index in [2.05, 4.69) is 10.6 Å². The summed E-state index contributed by atoms with van der Waals surface area (Å²) in [5.41, 5.74) is 0.909. The molecule has 0 aliphatic carbocycles. The van der Waals surface area contributed by atoms with Gasteiger partial charge in [-0.15, -0.1) is 0 Å². The predicted molar refractivity (Wildman–Crippen MR) is 44.2 cm³/mol. The average Bonchev–Trinajstić information content (AvgIpc) is 2.37. The van der Waals surface area contributed by atoms with E-state index in [-0.39, 0.29) is 11.9 Å². The van der Waals surface area contributed by atoms with Gasteiger partial charge in [-0.25, -0.2) is 0 Å². The van der Waals surface area contributed by atoms with Crippen LogP contribution in [0.25, 0.3) is 0 Å². The Morgan fingerprint density at radius 3 is 2.91 bits per heavy atom. The van der Waals surface area contributed by atoms with E-state index < -0.39 is 0 Å². The third kappa shape index (κ3) is 2.05. The number of likely N-dealkylation sites (N-methyl/N-ethyl adjacent to an activating group) is 1. The van der Waals surface area contributed by atoms with Gasteiger partial charge >= 0.3 is 0 Å². The topological polar surface area (TPSA) is 41.1 Å². The Labute approximate surface area is 66.9 Å². The van der Waals surface area contributed by atoms with Crippen LogP contribution in [0.2, 0.25) is 0 Å². The first-order valence-corrected chi connectivity index (χ1v) is 3.90. The van der Waals surface area contributed by atoms with E-state index in [9.17, 15) is 4.79 Å². The van der Waals surface area contributed by atoms with E-state index in [0.717, 1.165) is 18.5 Å². The van der Waals surface area contributed by atoms with Crippen LogP contribution in [-0.4, -0.2) is 25.5 Å². The zero-order chi connectivity index (χ0) is 8.27. The van der Waals surface area contributed by atoms with Gasteiger partial charge in [0.2, 0.25) is 5.91 Å². The zero-order valence-corrected chi connectivity index (χ0v) is 6.98. The van der Waals surface area contributed by atoms with Crippen molar-refractivity contribution >= 4 is 5.91 Å². The van der Waals surface area contributed by atoms with Crippen LogP contribution < -0.4 is 10.6 Å². The van der Waals surface area contributed by atoms with Crippen LogP contribution in [0.4, 0.5) is 0 Å². The molecule has 0 radical (unpaired) electrons. The second kappa shape index (κ2) is 3.53. The minimum atomic E-state index is 0.0899. The van der Waals surface area contributed by atoms with Crippen molar-refractivity contribution in [1.82, 2.24) is 10.6 Å². The van der Waals surface area contributed by atoms with Crippen molar-refractivity contribution in [1.29, 1.82) is 0 Å². The lowest BCUT2D eigenvalue weighted by molar-refractivity contribution is -0.116. The molecule has 0 spiro atoms. The molecule has 0 aromatic rings. The Kier molecular flexibility index (Phi) is 2.65. The Bertz CT molecular complexity index is 187. The first-order chi connectivity index (χ1) is 5.24. The maximum Gasteiger partial charge on any atom is 0.247 e. The molecule has 1 aliphatic rings. The highest BCUT2D eigenvalue weighted by molar-refractivity contribution is 5.95.